The number of halogens is 2. The third kappa shape index (κ3) is 7.20. The first-order valence-corrected chi connectivity index (χ1v) is 16.8. The molecule has 1 aliphatic heterocycles. The van der Waals surface area contributed by atoms with E-state index in [4.69, 9.17) is 29.0 Å². The molecule has 260 valence electrons. The quantitative estimate of drug-likeness (QED) is 0.124. The van der Waals surface area contributed by atoms with E-state index in [0.29, 0.717) is 17.3 Å². The zero-order valence-corrected chi connectivity index (χ0v) is 27.9. The topological polar surface area (TPSA) is 195 Å². The summed E-state index contributed by atoms with van der Waals surface area (Å²) in [6.07, 6.45) is -1.09. The van der Waals surface area contributed by atoms with Crippen LogP contribution in [0.5, 0.6) is 11.6 Å². The van der Waals surface area contributed by atoms with E-state index in [9.17, 15) is 14.5 Å². The van der Waals surface area contributed by atoms with Gasteiger partial charge in [0, 0.05) is 11.6 Å². The molecule has 1 aliphatic rings. The molecule has 5 rings (SSSR count). The van der Waals surface area contributed by atoms with E-state index in [2.05, 4.69) is 25.0 Å². The fourth-order valence-corrected chi connectivity index (χ4v) is 6.56. The van der Waals surface area contributed by atoms with Crippen molar-refractivity contribution in [3.63, 3.8) is 0 Å². The van der Waals surface area contributed by atoms with Gasteiger partial charge in [0.15, 0.2) is 29.2 Å². The molecule has 1 unspecified atom stereocenters. The number of fused-ring (bicyclic) bond motifs is 2. The van der Waals surface area contributed by atoms with E-state index in [1.54, 1.807) is 37.4 Å². The maximum atomic E-state index is 16.5. The Morgan fingerprint density at radius 2 is 1.98 bits per heavy atom. The number of alkyl halides is 2. The zero-order chi connectivity index (χ0) is 34.9. The number of aromatic nitrogens is 5. The largest absolute Gasteiger partial charge is 0.476 e. The molecule has 1 saturated heterocycles. The molecule has 1 fully saturated rings. The summed E-state index contributed by atoms with van der Waals surface area (Å²) in [4.78, 5) is 29.2. The lowest BCUT2D eigenvalue weighted by atomic mass is 9.97. The van der Waals surface area contributed by atoms with E-state index >= 15 is 8.78 Å². The molecule has 0 bridgehead atoms. The summed E-state index contributed by atoms with van der Waals surface area (Å²) < 4.78 is 75.5. The van der Waals surface area contributed by atoms with Gasteiger partial charge in [-0.05, 0) is 57.4 Å². The number of aliphatic hydroxyl groups excluding tert-OH is 1. The van der Waals surface area contributed by atoms with Gasteiger partial charge in [0.25, 0.3) is 5.85 Å². The molecule has 18 heteroatoms. The monoisotopic (exact) mass is 693 g/mol. The van der Waals surface area contributed by atoms with Crippen molar-refractivity contribution in [1.29, 1.82) is 0 Å². The molecule has 4 heterocycles. The second-order valence-corrected chi connectivity index (χ2v) is 13.5. The van der Waals surface area contributed by atoms with Gasteiger partial charge in [-0.15, -0.1) is 0 Å². The number of nitrogen functional groups attached to an aromatic ring is 1. The van der Waals surface area contributed by atoms with Gasteiger partial charge in [-0.3, -0.25) is 18.9 Å². The average molecular weight is 694 g/mol. The van der Waals surface area contributed by atoms with Crippen LogP contribution in [0.1, 0.15) is 47.3 Å². The Hall–Kier alpha value is -4.02. The number of benzene rings is 1. The maximum Gasteiger partial charge on any atom is 0.459 e. The Morgan fingerprint density at radius 3 is 2.71 bits per heavy atom. The van der Waals surface area contributed by atoms with E-state index in [1.165, 1.54) is 13.0 Å². The van der Waals surface area contributed by atoms with Crippen LogP contribution in [-0.4, -0.2) is 79.1 Å². The normalized spacial score (nSPS) is 24.5. The number of pyridine rings is 1. The van der Waals surface area contributed by atoms with Gasteiger partial charge in [-0.1, -0.05) is 19.9 Å². The summed E-state index contributed by atoms with van der Waals surface area (Å²) in [6.45, 7) is 6.91. The Labute approximate surface area is 274 Å². The van der Waals surface area contributed by atoms with Crippen molar-refractivity contribution in [3.8, 4) is 11.6 Å². The van der Waals surface area contributed by atoms with Crippen molar-refractivity contribution < 1.29 is 46.5 Å². The highest BCUT2D eigenvalue weighted by Gasteiger charge is 2.65. The smallest absolute Gasteiger partial charge is 0.459 e. The number of aliphatic hydroxyl groups is 1. The number of nitrogens with one attached hydrogen (secondary N) is 1. The summed E-state index contributed by atoms with van der Waals surface area (Å²) in [5.74, 6) is -4.00. The van der Waals surface area contributed by atoms with Gasteiger partial charge in [0.1, 0.15) is 18.4 Å². The van der Waals surface area contributed by atoms with Crippen LogP contribution in [-0.2, 0) is 23.4 Å². The summed E-state index contributed by atoms with van der Waals surface area (Å²) >= 11 is 0. The molecule has 0 aliphatic carbocycles. The van der Waals surface area contributed by atoms with Gasteiger partial charge in [0.2, 0.25) is 11.8 Å². The third-order valence-electron chi connectivity index (χ3n) is 7.57. The van der Waals surface area contributed by atoms with Crippen molar-refractivity contribution >= 4 is 41.7 Å². The van der Waals surface area contributed by atoms with Crippen LogP contribution >= 0.6 is 7.75 Å². The van der Waals surface area contributed by atoms with Crippen LogP contribution < -0.4 is 20.1 Å². The molecule has 0 saturated carbocycles. The molecule has 0 amide bonds. The van der Waals surface area contributed by atoms with Crippen LogP contribution in [0.4, 0.5) is 14.7 Å². The molecule has 3 aromatic heterocycles. The van der Waals surface area contributed by atoms with Gasteiger partial charge >= 0.3 is 13.7 Å². The Morgan fingerprint density at radius 1 is 1.21 bits per heavy atom. The molecule has 0 radical (unpaired) electrons. The number of nitrogens with two attached hydrogens (primary N) is 1. The number of esters is 1. The Kier molecular flexibility index (Phi) is 10.2. The molecule has 48 heavy (non-hydrogen) atoms. The average Bonchev–Trinajstić information content (AvgIpc) is 3.52. The third-order valence-corrected chi connectivity index (χ3v) is 9.18. The standard InChI is InChI=1S/C30H38F2N7O8P/c1-6-43-24-22-23(36-28(33)37-24)39(16-35-22)27-29(5,31)26(41)30(32,46-27)15-45-48(42,38-18(4)25(40)44-14-12-17(2)3)47-21-11-7-10-20-19(21)9-8-13-34-20/h7-11,13,16-18,26-27,41H,6,12,14-15H2,1-5H3,(H,38,42)(H2,33,36,37)/t18-,26-,27+,29+,30+,48?/m0/s1. The van der Waals surface area contributed by atoms with E-state index in [-0.39, 0.29) is 47.9 Å². The lowest BCUT2D eigenvalue weighted by Crippen LogP contribution is -2.47. The van der Waals surface area contributed by atoms with Crippen LogP contribution in [0.15, 0.2) is 42.9 Å². The zero-order valence-electron chi connectivity index (χ0n) is 27.0. The highest BCUT2D eigenvalue weighted by Crippen LogP contribution is 2.52. The lowest BCUT2D eigenvalue weighted by Gasteiger charge is -2.28. The maximum absolute atomic E-state index is 16.5. The fourth-order valence-electron chi connectivity index (χ4n) is 5.04. The van der Waals surface area contributed by atoms with Crippen LogP contribution in [0.3, 0.4) is 0 Å². The fraction of sp³-hybridized carbons (Fsp3) is 0.500. The molecule has 0 spiro atoms. The number of hydrogen-bond donors (Lipinski definition) is 3. The second-order valence-electron chi connectivity index (χ2n) is 11.8. The molecule has 1 aromatic carbocycles. The predicted octanol–water partition coefficient (Wildman–Crippen LogP) is 4.41. The van der Waals surface area contributed by atoms with Crippen LogP contribution in [0.2, 0.25) is 0 Å². The summed E-state index contributed by atoms with van der Waals surface area (Å²) in [5, 5.41) is 13.8. The number of carbonyl (C=O) groups is 1. The number of nitrogens with zero attached hydrogens (tertiary/aromatic N) is 5. The first-order valence-electron chi connectivity index (χ1n) is 15.3. The number of anilines is 1. The lowest BCUT2D eigenvalue weighted by molar-refractivity contribution is -0.202. The van der Waals surface area contributed by atoms with Crippen molar-refractivity contribution in [1.82, 2.24) is 29.6 Å². The van der Waals surface area contributed by atoms with Crippen molar-refractivity contribution in [2.75, 3.05) is 25.6 Å². The summed E-state index contributed by atoms with van der Waals surface area (Å²) in [7, 11) is -4.71. The van der Waals surface area contributed by atoms with E-state index in [0.717, 1.165) is 17.8 Å². The second kappa shape index (κ2) is 13.8. The molecule has 4 N–H and O–H groups in total. The van der Waals surface area contributed by atoms with Crippen molar-refractivity contribution in [3.05, 3.63) is 42.9 Å². The minimum absolute atomic E-state index is 0.0114. The summed E-state index contributed by atoms with van der Waals surface area (Å²) in [6, 6.07) is 6.76. The first-order chi connectivity index (χ1) is 22.7. The minimum Gasteiger partial charge on any atom is -0.476 e. The Bertz CT molecular complexity index is 1820. The molecule has 15 nitrogen and oxygen atoms in total. The van der Waals surface area contributed by atoms with Crippen molar-refractivity contribution in [2.45, 2.75) is 70.9 Å². The minimum atomic E-state index is -4.71. The van der Waals surface area contributed by atoms with Crippen LogP contribution in [0, 0.1) is 5.92 Å². The van der Waals surface area contributed by atoms with Crippen LogP contribution in [0.25, 0.3) is 22.1 Å². The molecule has 4 aromatic rings. The molecule has 6 atom stereocenters. The number of hydrogen-bond acceptors (Lipinski definition) is 13. The van der Waals surface area contributed by atoms with Crippen molar-refractivity contribution in [2.24, 2.45) is 5.92 Å². The van der Waals surface area contributed by atoms with Gasteiger partial charge in [0.05, 0.1) is 25.1 Å². The Balaban J connectivity index is 1.43. The number of carbonyl (C=O) groups excluding carboxylic acids is 1. The SMILES string of the molecule is CCOc1nc(N)nc2c1ncn2[C@@H]1O[C@](F)(COP(=O)(N[C@@H](C)C(=O)OCCC(C)C)Oc2cccc3ncccc23)[C@@H](O)[C@@]1(C)F. The predicted molar refractivity (Wildman–Crippen MR) is 169 cm³/mol. The van der Waals surface area contributed by atoms with E-state index < -0.39 is 50.2 Å². The summed E-state index contributed by atoms with van der Waals surface area (Å²) in [5.41, 5.74) is 3.52. The number of ether oxygens (including phenoxy) is 3. The number of rotatable bonds is 14. The highest BCUT2D eigenvalue weighted by molar-refractivity contribution is 7.52. The van der Waals surface area contributed by atoms with Gasteiger partial charge in [-0.2, -0.15) is 15.1 Å². The molecular formula is C30H38F2N7O8P. The van der Waals surface area contributed by atoms with Gasteiger partial charge in [-0.25, -0.2) is 18.3 Å². The molecular weight excluding hydrogens is 655 g/mol. The highest BCUT2D eigenvalue weighted by atomic mass is 31.2. The first kappa shape index (κ1) is 35.3. The van der Waals surface area contributed by atoms with E-state index in [1.807, 2.05) is 13.8 Å². The number of imidazole rings is 1. The van der Waals surface area contributed by atoms with Gasteiger partial charge < -0.3 is 29.6 Å².